The summed E-state index contributed by atoms with van der Waals surface area (Å²) in [6.07, 6.45) is 4.50. The fourth-order valence-corrected chi connectivity index (χ4v) is 0. The predicted octanol–water partition coefficient (Wildman–Crippen LogP) is 2.62. The van der Waals surface area contributed by atoms with E-state index in [1.807, 2.05) is 0 Å². The molecule has 0 unspecified atom stereocenters. The van der Waals surface area contributed by atoms with E-state index in [1.165, 1.54) is 19.3 Å². The first kappa shape index (κ1) is 38.5. The molecule has 0 aromatic rings. The van der Waals surface area contributed by atoms with Crippen molar-refractivity contribution in [2.75, 3.05) is 0 Å². The van der Waals surface area contributed by atoms with E-state index in [2.05, 4.69) is 13.2 Å². The van der Waals surface area contributed by atoms with Crippen LogP contribution in [-0.4, -0.2) is 0 Å². The lowest BCUT2D eigenvalue weighted by molar-refractivity contribution is 1.50. The van der Waals surface area contributed by atoms with Crippen molar-refractivity contribution in [2.45, 2.75) is 19.3 Å². The highest BCUT2D eigenvalue weighted by molar-refractivity contribution is 4.50. The highest BCUT2D eigenvalue weighted by Gasteiger charge is 1.95. The average Bonchev–Trinajstić information content (AvgIpc) is 2.19. The van der Waals surface area contributed by atoms with Crippen molar-refractivity contribution in [1.82, 2.24) is 24.6 Å². The van der Waals surface area contributed by atoms with Gasteiger partial charge in [-0.2, -0.15) is 0 Å². The molecule has 1 rings (SSSR count). The molecule has 12 N–H and O–H groups in total. The Hall–Kier alpha value is -0.420. The van der Waals surface area contributed by atoms with Crippen LogP contribution >= 0.6 is 0 Å². The van der Waals surface area contributed by atoms with Crippen LogP contribution in [0.1, 0.15) is 19.3 Å². The molecule has 0 amide bonds. The van der Waals surface area contributed by atoms with E-state index < -0.39 is 0 Å². The van der Waals surface area contributed by atoms with Gasteiger partial charge >= 0.3 is 0 Å². The molecule has 1 aliphatic carbocycles. The van der Waals surface area contributed by atoms with Gasteiger partial charge in [0.15, 0.2) is 0 Å². The van der Waals surface area contributed by atoms with Crippen LogP contribution in [0.3, 0.4) is 0 Å². The second-order valence-electron chi connectivity index (χ2n) is 1.06. The summed E-state index contributed by atoms with van der Waals surface area (Å²) in [7, 11) is 0. The molecule has 0 radical (unpaired) electrons. The number of rotatable bonds is 0. The molecule has 0 atom stereocenters. The SMILES string of the molecule is C1CC1.C=C.N.N.N.N. The summed E-state index contributed by atoms with van der Waals surface area (Å²) in [6, 6.07) is 0. The Morgan fingerprint density at radius 1 is 0.556 bits per heavy atom. The Morgan fingerprint density at radius 3 is 0.667 bits per heavy atom. The van der Waals surface area contributed by atoms with E-state index in [-0.39, 0.29) is 24.6 Å². The third kappa shape index (κ3) is 702. The van der Waals surface area contributed by atoms with Crippen molar-refractivity contribution in [1.29, 1.82) is 0 Å². The molecular weight excluding hydrogens is 116 g/mol. The maximum Gasteiger partial charge on any atom is -0.0533 e. The van der Waals surface area contributed by atoms with Gasteiger partial charge in [0.1, 0.15) is 0 Å². The zero-order valence-corrected chi connectivity index (χ0v) is 6.36. The van der Waals surface area contributed by atoms with Gasteiger partial charge in [-0.3, -0.25) is 0 Å². The molecule has 0 saturated heterocycles. The molecule has 0 bridgehead atoms. The molecule has 0 aromatic heterocycles. The van der Waals surface area contributed by atoms with Gasteiger partial charge in [-0.25, -0.2) is 0 Å². The van der Waals surface area contributed by atoms with Crippen molar-refractivity contribution in [3.63, 3.8) is 0 Å². The summed E-state index contributed by atoms with van der Waals surface area (Å²) in [4.78, 5) is 0. The van der Waals surface area contributed by atoms with Gasteiger partial charge in [0.2, 0.25) is 0 Å². The molecule has 4 heteroatoms. The fraction of sp³-hybridized carbons (Fsp3) is 0.600. The van der Waals surface area contributed by atoms with E-state index in [0.29, 0.717) is 0 Å². The standard InChI is InChI=1S/C3H6.C2H4.4H3N/c1-2-3-1;1-2;;;;/h1-3H2;1-2H2;4*1H3. The van der Waals surface area contributed by atoms with Crippen molar-refractivity contribution < 1.29 is 0 Å². The largest absolute Gasteiger partial charge is 0.344 e. The van der Waals surface area contributed by atoms with E-state index in [9.17, 15) is 0 Å². The van der Waals surface area contributed by atoms with Crippen LogP contribution in [-0.2, 0) is 0 Å². The summed E-state index contributed by atoms with van der Waals surface area (Å²) in [5.74, 6) is 0. The first-order valence-electron chi connectivity index (χ1n) is 2.00. The first-order chi connectivity index (χ1) is 2.50. The fourth-order valence-electron chi connectivity index (χ4n) is 0. The molecule has 4 nitrogen and oxygen atoms in total. The first-order valence-corrected chi connectivity index (χ1v) is 2.00. The Balaban J connectivity index is -0.00000000857. The highest BCUT2D eigenvalue weighted by Crippen LogP contribution is 2.14. The third-order valence-electron chi connectivity index (χ3n) is 0.354. The minimum Gasteiger partial charge on any atom is -0.344 e. The van der Waals surface area contributed by atoms with Crippen LogP contribution in [0.4, 0.5) is 0 Å². The van der Waals surface area contributed by atoms with Crippen LogP contribution in [0.25, 0.3) is 0 Å². The van der Waals surface area contributed by atoms with Gasteiger partial charge in [0, 0.05) is 0 Å². The molecular formula is C5H22N4. The highest BCUT2D eigenvalue weighted by atomic mass is 14.0. The number of hydrogen-bond acceptors (Lipinski definition) is 4. The molecule has 62 valence electrons. The Morgan fingerprint density at radius 2 is 0.667 bits per heavy atom. The Kier molecular flexibility index (Phi) is 211. The van der Waals surface area contributed by atoms with Crippen molar-refractivity contribution >= 4 is 0 Å². The molecule has 1 fully saturated rings. The van der Waals surface area contributed by atoms with Gasteiger partial charge in [-0.1, -0.05) is 19.3 Å². The van der Waals surface area contributed by atoms with Gasteiger partial charge < -0.3 is 24.6 Å². The second-order valence-corrected chi connectivity index (χ2v) is 1.06. The van der Waals surface area contributed by atoms with E-state index in [0.717, 1.165) is 0 Å². The summed E-state index contributed by atoms with van der Waals surface area (Å²) in [6.45, 7) is 6.00. The maximum absolute atomic E-state index is 3.00. The molecule has 1 aliphatic rings. The average molecular weight is 138 g/mol. The lowest BCUT2D eigenvalue weighted by Crippen LogP contribution is -0.856. The van der Waals surface area contributed by atoms with Crippen LogP contribution < -0.4 is 24.6 Å². The summed E-state index contributed by atoms with van der Waals surface area (Å²) in [5, 5.41) is 0. The minimum absolute atomic E-state index is 0. The van der Waals surface area contributed by atoms with E-state index in [1.54, 1.807) is 0 Å². The minimum atomic E-state index is 0. The zero-order chi connectivity index (χ0) is 4.12. The molecule has 0 aromatic carbocycles. The molecule has 0 aliphatic heterocycles. The second kappa shape index (κ2) is 49.3. The topological polar surface area (TPSA) is 140 Å². The van der Waals surface area contributed by atoms with Crippen LogP contribution in [0.15, 0.2) is 13.2 Å². The molecule has 9 heavy (non-hydrogen) atoms. The van der Waals surface area contributed by atoms with Crippen LogP contribution in [0.2, 0.25) is 0 Å². The quantitative estimate of drug-likeness (QED) is 0.382. The van der Waals surface area contributed by atoms with E-state index in [4.69, 9.17) is 0 Å². The van der Waals surface area contributed by atoms with Gasteiger partial charge in [0.25, 0.3) is 0 Å². The normalized spacial score (nSPS) is 8.44. The predicted molar refractivity (Wildman–Crippen MR) is 45.2 cm³/mol. The maximum atomic E-state index is 3.00. The van der Waals surface area contributed by atoms with Crippen molar-refractivity contribution in [3.05, 3.63) is 13.2 Å². The van der Waals surface area contributed by atoms with Crippen LogP contribution in [0, 0.1) is 0 Å². The van der Waals surface area contributed by atoms with E-state index >= 15 is 0 Å². The van der Waals surface area contributed by atoms with Crippen molar-refractivity contribution in [3.8, 4) is 0 Å². The summed E-state index contributed by atoms with van der Waals surface area (Å²) >= 11 is 0. The zero-order valence-electron chi connectivity index (χ0n) is 6.36. The number of hydrogen-bond donors (Lipinski definition) is 4. The Bertz CT molecular complexity index is 20.2. The summed E-state index contributed by atoms with van der Waals surface area (Å²) < 4.78 is 0. The third-order valence-corrected chi connectivity index (χ3v) is 0.354. The van der Waals surface area contributed by atoms with Crippen molar-refractivity contribution in [2.24, 2.45) is 0 Å². The Labute approximate surface area is 58.1 Å². The smallest absolute Gasteiger partial charge is 0.0533 e. The van der Waals surface area contributed by atoms with Gasteiger partial charge in [-0.15, -0.1) is 13.2 Å². The molecule has 0 heterocycles. The van der Waals surface area contributed by atoms with Gasteiger partial charge in [0.05, 0.1) is 0 Å². The summed E-state index contributed by atoms with van der Waals surface area (Å²) in [5.41, 5.74) is 0. The molecule has 1 saturated carbocycles. The monoisotopic (exact) mass is 138 g/mol. The molecule has 0 spiro atoms. The van der Waals surface area contributed by atoms with Gasteiger partial charge in [-0.05, 0) is 0 Å². The van der Waals surface area contributed by atoms with Crippen LogP contribution in [0.5, 0.6) is 0 Å². The lowest BCUT2D eigenvalue weighted by atomic mass is 11.0. The lowest BCUT2D eigenvalue weighted by Gasteiger charge is -1.05.